The highest BCUT2D eigenvalue weighted by molar-refractivity contribution is 9.10. The van der Waals surface area contributed by atoms with Gasteiger partial charge in [-0.1, -0.05) is 46.3 Å². The molecule has 0 bridgehead atoms. The second-order valence-corrected chi connectivity index (χ2v) is 4.09. The van der Waals surface area contributed by atoms with Gasteiger partial charge in [0, 0.05) is 4.47 Å². The van der Waals surface area contributed by atoms with Crippen molar-refractivity contribution in [1.29, 1.82) is 0 Å². The lowest BCUT2D eigenvalue weighted by molar-refractivity contribution is 0.210. The summed E-state index contributed by atoms with van der Waals surface area (Å²) < 4.78 is 6.32. The Bertz CT molecular complexity index is 362. The number of hydrogen-bond acceptors (Lipinski definition) is 1. The van der Waals surface area contributed by atoms with Crippen LogP contribution in [0.4, 0.5) is 0 Å². The molecular formula is C12H11BrO. The minimum atomic E-state index is 0.743. The summed E-state index contributed by atoms with van der Waals surface area (Å²) in [6.07, 6.45) is 6.32. The maximum Gasteiger partial charge on any atom is 0.0718 e. The van der Waals surface area contributed by atoms with Gasteiger partial charge in [-0.05, 0) is 23.3 Å². The lowest BCUT2D eigenvalue weighted by Gasteiger charge is -1.94. The lowest BCUT2D eigenvalue weighted by Crippen LogP contribution is -1.83. The standard InChI is InChI=1S/C12H11BrO/c13-12-5-3-10(4-6-12)1-2-11-7-8-14-9-11/h1-7H,8-9H2/b2-1+. The van der Waals surface area contributed by atoms with Gasteiger partial charge in [-0.3, -0.25) is 0 Å². The first-order valence-electron chi connectivity index (χ1n) is 4.55. The summed E-state index contributed by atoms with van der Waals surface area (Å²) in [7, 11) is 0. The van der Waals surface area contributed by atoms with Crippen molar-refractivity contribution in [2.75, 3.05) is 13.2 Å². The van der Waals surface area contributed by atoms with E-state index in [0.29, 0.717) is 0 Å². The monoisotopic (exact) mass is 250 g/mol. The Hall–Kier alpha value is -0.860. The van der Waals surface area contributed by atoms with Crippen molar-refractivity contribution in [3.8, 4) is 0 Å². The van der Waals surface area contributed by atoms with Crippen LogP contribution in [0.1, 0.15) is 5.56 Å². The zero-order valence-corrected chi connectivity index (χ0v) is 9.33. The first-order chi connectivity index (χ1) is 6.84. The Labute approximate surface area is 92.2 Å². The third-order valence-electron chi connectivity index (χ3n) is 2.09. The predicted molar refractivity (Wildman–Crippen MR) is 62.1 cm³/mol. The molecule has 0 aliphatic carbocycles. The second-order valence-electron chi connectivity index (χ2n) is 3.18. The molecule has 0 N–H and O–H groups in total. The van der Waals surface area contributed by atoms with Crippen LogP contribution in [0.25, 0.3) is 6.08 Å². The molecule has 0 fully saturated rings. The van der Waals surface area contributed by atoms with Crippen LogP contribution in [-0.2, 0) is 4.74 Å². The molecule has 2 rings (SSSR count). The van der Waals surface area contributed by atoms with Crippen molar-refractivity contribution in [3.05, 3.63) is 52.0 Å². The van der Waals surface area contributed by atoms with Gasteiger partial charge in [0.05, 0.1) is 13.2 Å². The molecule has 72 valence electrons. The van der Waals surface area contributed by atoms with Crippen molar-refractivity contribution in [2.24, 2.45) is 0 Å². The van der Waals surface area contributed by atoms with Crippen molar-refractivity contribution in [1.82, 2.24) is 0 Å². The second kappa shape index (κ2) is 4.58. The molecule has 2 heteroatoms. The van der Waals surface area contributed by atoms with Crippen LogP contribution in [0.15, 0.2) is 46.5 Å². The van der Waals surface area contributed by atoms with Gasteiger partial charge < -0.3 is 4.74 Å². The highest BCUT2D eigenvalue weighted by atomic mass is 79.9. The summed E-state index contributed by atoms with van der Waals surface area (Å²) >= 11 is 3.41. The third kappa shape index (κ3) is 2.56. The van der Waals surface area contributed by atoms with E-state index in [2.05, 4.69) is 46.3 Å². The van der Waals surface area contributed by atoms with Gasteiger partial charge in [-0.25, -0.2) is 0 Å². The van der Waals surface area contributed by atoms with Crippen LogP contribution >= 0.6 is 15.9 Å². The SMILES string of the molecule is Brc1ccc(/C=C/C2=CCOC2)cc1. The highest BCUT2D eigenvalue weighted by Gasteiger charge is 1.99. The maximum atomic E-state index is 5.21. The fraction of sp³-hybridized carbons (Fsp3) is 0.167. The minimum Gasteiger partial charge on any atom is -0.373 e. The fourth-order valence-electron chi connectivity index (χ4n) is 1.29. The average molecular weight is 251 g/mol. The number of ether oxygens (including phenoxy) is 1. The smallest absolute Gasteiger partial charge is 0.0718 e. The molecule has 0 saturated carbocycles. The molecule has 1 nitrogen and oxygen atoms in total. The van der Waals surface area contributed by atoms with Crippen molar-refractivity contribution in [2.45, 2.75) is 0 Å². The lowest BCUT2D eigenvalue weighted by atomic mass is 10.2. The molecule has 0 aromatic heterocycles. The molecule has 0 atom stereocenters. The van der Waals surface area contributed by atoms with E-state index in [0.717, 1.165) is 17.7 Å². The van der Waals surface area contributed by atoms with Crippen molar-refractivity contribution >= 4 is 22.0 Å². The van der Waals surface area contributed by atoms with Crippen LogP contribution < -0.4 is 0 Å². The predicted octanol–water partition coefficient (Wildman–Crippen LogP) is 3.42. The molecule has 0 radical (unpaired) electrons. The van der Waals surface area contributed by atoms with Gasteiger partial charge >= 0.3 is 0 Å². The van der Waals surface area contributed by atoms with Gasteiger partial charge in [-0.2, -0.15) is 0 Å². The number of halogens is 1. The number of rotatable bonds is 2. The summed E-state index contributed by atoms with van der Waals surface area (Å²) in [5.41, 5.74) is 2.47. The van der Waals surface area contributed by atoms with Crippen molar-refractivity contribution < 1.29 is 4.74 Å². The summed E-state index contributed by atoms with van der Waals surface area (Å²) in [6.45, 7) is 1.49. The number of benzene rings is 1. The first kappa shape index (κ1) is 9.69. The van der Waals surface area contributed by atoms with Crippen molar-refractivity contribution in [3.63, 3.8) is 0 Å². The molecule has 14 heavy (non-hydrogen) atoms. The maximum absolute atomic E-state index is 5.21. The van der Waals surface area contributed by atoms with Gasteiger partial charge in [-0.15, -0.1) is 0 Å². The van der Waals surface area contributed by atoms with E-state index in [-0.39, 0.29) is 0 Å². The Kier molecular flexibility index (Phi) is 3.17. The zero-order valence-electron chi connectivity index (χ0n) is 7.74. The average Bonchev–Trinajstić information content (AvgIpc) is 2.70. The fourth-order valence-corrected chi connectivity index (χ4v) is 1.56. The van der Waals surface area contributed by atoms with Gasteiger partial charge in [0.1, 0.15) is 0 Å². The highest BCUT2D eigenvalue weighted by Crippen LogP contribution is 2.13. The van der Waals surface area contributed by atoms with Crippen LogP contribution in [0.3, 0.4) is 0 Å². The van der Waals surface area contributed by atoms with E-state index in [1.54, 1.807) is 0 Å². The Morgan fingerprint density at radius 3 is 2.57 bits per heavy atom. The van der Waals surface area contributed by atoms with Crippen LogP contribution in [0.2, 0.25) is 0 Å². The summed E-state index contributed by atoms with van der Waals surface area (Å²) in [6, 6.07) is 8.24. The van der Waals surface area contributed by atoms with E-state index < -0.39 is 0 Å². The van der Waals surface area contributed by atoms with Crippen LogP contribution in [0.5, 0.6) is 0 Å². The first-order valence-corrected chi connectivity index (χ1v) is 5.34. The molecule has 1 heterocycles. The quantitative estimate of drug-likeness (QED) is 0.782. The molecule has 0 spiro atoms. The summed E-state index contributed by atoms with van der Waals surface area (Å²) in [5.74, 6) is 0. The molecule has 0 unspecified atom stereocenters. The van der Waals surface area contributed by atoms with E-state index in [9.17, 15) is 0 Å². The van der Waals surface area contributed by atoms with E-state index in [1.165, 1.54) is 11.1 Å². The Morgan fingerprint density at radius 2 is 1.93 bits per heavy atom. The van der Waals surface area contributed by atoms with E-state index >= 15 is 0 Å². The molecule has 0 saturated heterocycles. The van der Waals surface area contributed by atoms with Crippen LogP contribution in [-0.4, -0.2) is 13.2 Å². The zero-order chi connectivity index (χ0) is 9.80. The normalized spacial score (nSPS) is 16.2. The van der Waals surface area contributed by atoms with E-state index in [1.807, 2.05) is 12.1 Å². The van der Waals surface area contributed by atoms with Crippen LogP contribution in [0, 0.1) is 0 Å². The topological polar surface area (TPSA) is 9.23 Å². The minimum absolute atomic E-state index is 0.743. The molecule has 1 aromatic rings. The number of hydrogen-bond donors (Lipinski definition) is 0. The molecule has 0 amide bonds. The molecule has 1 aliphatic heterocycles. The van der Waals surface area contributed by atoms with Gasteiger partial charge in [0.2, 0.25) is 0 Å². The summed E-state index contributed by atoms with van der Waals surface area (Å²) in [4.78, 5) is 0. The largest absolute Gasteiger partial charge is 0.373 e. The van der Waals surface area contributed by atoms with Gasteiger partial charge in [0.15, 0.2) is 0 Å². The molecule has 1 aliphatic rings. The third-order valence-corrected chi connectivity index (χ3v) is 2.62. The Morgan fingerprint density at radius 1 is 1.14 bits per heavy atom. The Balaban J connectivity index is 2.06. The molecular weight excluding hydrogens is 240 g/mol. The van der Waals surface area contributed by atoms with E-state index in [4.69, 9.17) is 4.74 Å². The molecule has 1 aromatic carbocycles. The summed E-state index contributed by atoms with van der Waals surface area (Å²) in [5, 5.41) is 0. The van der Waals surface area contributed by atoms with Gasteiger partial charge in [0.25, 0.3) is 0 Å².